The highest BCUT2D eigenvalue weighted by molar-refractivity contribution is 5.89. The number of hydrogen-bond donors (Lipinski definition) is 3. The quantitative estimate of drug-likeness (QED) is 0.525. The Labute approximate surface area is 130 Å². The van der Waals surface area contributed by atoms with Crippen molar-refractivity contribution < 1.29 is 4.79 Å². The van der Waals surface area contributed by atoms with Crippen LogP contribution in [-0.4, -0.2) is 59.9 Å². The Hall–Kier alpha value is -2.28. The molecule has 0 atom stereocenters. The van der Waals surface area contributed by atoms with E-state index < -0.39 is 0 Å². The summed E-state index contributed by atoms with van der Waals surface area (Å²) in [7, 11) is 2.08. The number of amides is 2. The number of nitrogens with zero attached hydrogens (tertiary/aromatic N) is 3. The highest BCUT2D eigenvalue weighted by Crippen LogP contribution is 2.26. The normalized spacial score (nSPS) is 18.2. The van der Waals surface area contributed by atoms with Gasteiger partial charge in [-0.25, -0.2) is 4.79 Å². The van der Waals surface area contributed by atoms with E-state index in [4.69, 9.17) is 11.1 Å². The first-order valence-corrected chi connectivity index (χ1v) is 7.48. The van der Waals surface area contributed by atoms with Gasteiger partial charge in [-0.15, -0.1) is 0 Å². The Bertz CT molecular complexity index is 594. The highest BCUT2D eigenvalue weighted by atomic mass is 16.2. The van der Waals surface area contributed by atoms with Gasteiger partial charge in [0, 0.05) is 45.0 Å². The lowest BCUT2D eigenvalue weighted by Crippen LogP contribution is -2.50. The number of guanidine groups is 1. The van der Waals surface area contributed by atoms with E-state index in [0.717, 1.165) is 43.0 Å². The molecule has 1 aromatic rings. The van der Waals surface area contributed by atoms with Crippen molar-refractivity contribution in [2.45, 2.75) is 13.1 Å². The third-order valence-electron chi connectivity index (χ3n) is 4.25. The number of nitrogens with one attached hydrogen (secondary N) is 2. The van der Waals surface area contributed by atoms with Gasteiger partial charge in [0.15, 0.2) is 5.96 Å². The number of piperazine rings is 1. The van der Waals surface area contributed by atoms with Gasteiger partial charge in [-0.2, -0.15) is 0 Å². The van der Waals surface area contributed by atoms with Crippen molar-refractivity contribution in [2.75, 3.05) is 38.5 Å². The maximum Gasteiger partial charge on any atom is 0.320 e. The molecule has 0 radical (unpaired) electrons. The number of likely N-dealkylation sites (N-methyl/N-ethyl adjacent to an activating group) is 1. The fourth-order valence-corrected chi connectivity index (χ4v) is 2.96. The third-order valence-corrected chi connectivity index (χ3v) is 4.25. The van der Waals surface area contributed by atoms with Crippen molar-refractivity contribution in [3.63, 3.8) is 0 Å². The molecule has 1 saturated heterocycles. The van der Waals surface area contributed by atoms with Gasteiger partial charge in [0.1, 0.15) is 0 Å². The molecule has 4 N–H and O–H groups in total. The Morgan fingerprint density at radius 3 is 2.50 bits per heavy atom. The lowest BCUT2D eigenvalue weighted by atomic mass is 10.1. The van der Waals surface area contributed by atoms with Crippen LogP contribution in [0.5, 0.6) is 0 Å². The number of benzene rings is 1. The van der Waals surface area contributed by atoms with Crippen LogP contribution < -0.4 is 11.1 Å². The summed E-state index contributed by atoms with van der Waals surface area (Å²) in [6, 6.07) is 5.97. The number of hydrogen-bond acceptors (Lipinski definition) is 3. The van der Waals surface area contributed by atoms with Gasteiger partial charge in [-0.1, -0.05) is 6.07 Å². The van der Waals surface area contributed by atoms with Crippen molar-refractivity contribution in [3.05, 3.63) is 29.3 Å². The summed E-state index contributed by atoms with van der Waals surface area (Å²) in [5.41, 5.74) is 8.43. The molecule has 118 valence electrons. The molecule has 3 rings (SSSR count). The van der Waals surface area contributed by atoms with Gasteiger partial charge < -0.3 is 25.8 Å². The smallest absolute Gasteiger partial charge is 0.320 e. The first-order chi connectivity index (χ1) is 10.5. The summed E-state index contributed by atoms with van der Waals surface area (Å²) < 4.78 is 0. The van der Waals surface area contributed by atoms with E-state index in [2.05, 4.69) is 17.3 Å². The standard InChI is InChI=1S/C15H22N6O/c1-19-4-6-20(7-5-19)15(22)21-9-11-2-3-13(18-14(16)17)8-12(11)10-21/h2-3,8H,4-7,9-10H2,1H3,(H4,16,17,18). The van der Waals surface area contributed by atoms with E-state index in [1.807, 2.05) is 28.0 Å². The molecule has 2 aliphatic rings. The number of carbonyl (C=O) groups is 1. The summed E-state index contributed by atoms with van der Waals surface area (Å²) in [6.07, 6.45) is 0. The van der Waals surface area contributed by atoms with Crippen molar-refractivity contribution in [3.8, 4) is 0 Å². The number of fused-ring (bicyclic) bond motifs is 1. The van der Waals surface area contributed by atoms with E-state index in [-0.39, 0.29) is 12.0 Å². The molecular formula is C15H22N6O. The van der Waals surface area contributed by atoms with E-state index >= 15 is 0 Å². The molecule has 0 aromatic heterocycles. The number of nitrogens with two attached hydrogens (primary N) is 1. The Morgan fingerprint density at radius 1 is 1.14 bits per heavy atom. The minimum absolute atomic E-state index is 0.0803. The van der Waals surface area contributed by atoms with Gasteiger partial charge in [0.05, 0.1) is 0 Å². The summed E-state index contributed by atoms with van der Waals surface area (Å²) >= 11 is 0. The summed E-state index contributed by atoms with van der Waals surface area (Å²) in [6.45, 7) is 4.71. The van der Waals surface area contributed by atoms with Crippen LogP contribution in [0.15, 0.2) is 18.2 Å². The third kappa shape index (κ3) is 2.99. The van der Waals surface area contributed by atoms with Crippen LogP contribution in [0.25, 0.3) is 0 Å². The monoisotopic (exact) mass is 302 g/mol. The molecule has 1 aromatic carbocycles. The molecule has 22 heavy (non-hydrogen) atoms. The van der Waals surface area contributed by atoms with Crippen LogP contribution >= 0.6 is 0 Å². The fourth-order valence-electron chi connectivity index (χ4n) is 2.96. The minimum Gasteiger partial charge on any atom is -0.370 e. The second kappa shape index (κ2) is 5.84. The lowest BCUT2D eigenvalue weighted by molar-refractivity contribution is 0.122. The predicted octanol–water partition coefficient (Wildman–Crippen LogP) is 0.675. The number of rotatable bonds is 1. The van der Waals surface area contributed by atoms with E-state index in [1.54, 1.807) is 0 Å². The topological polar surface area (TPSA) is 88.7 Å². The summed E-state index contributed by atoms with van der Waals surface area (Å²) in [5.74, 6) is -0.0803. The van der Waals surface area contributed by atoms with Crippen LogP contribution in [0.3, 0.4) is 0 Å². The van der Waals surface area contributed by atoms with Crippen molar-refractivity contribution in [1.29, 1.82) is 5.41 Å². The van der Waals surface area contributed by atoms with Gasteiger partial charge in [0.25, 0.3) is 0 Å². The van der Waals surface area contributed by atoms with Crippen molar-refractivity contribution >= 4 is 17.7 Å². The lowest BCUT2D eigenvalue weighted by Gasteiger charge is -2.34. The number of anilines is 1. The molecule has 2 heterocycles. The second-order valence-corrected chi connectivity index (χ2v) is 5.95. The van der Waals surface area contributed by atoms with Gasteiger partial charge in [0.2, 0.25) is 0 Å². The van der Waals surface area contributed by atoms with E-state index in [0.29, 0.717) is 13.1 Å². The fraction of sp³-hybridized carbons (Fsp3) is 0.467. The Morgan fingerprint density at radius 2 is 1.82 bits per heavy atom. The SMILES string of the molecule is CN1CCN(C(=O)N2Cc3ccc(NC(=N)N)cc3C2)CC1. The molecule has 2 amide bonds. The minimum atomic E-state index is -0.0803. The molecule has 0 saturated carbocycles. The molecule has 0 unspecified atom stereocenters. The Balaban J connectivity index is 1.66. The molecule has 2 aliphatic heterocycles. The first kappa shape index (κ1) is 14.6. The van der Waals surface area contributed by atoms with Gasteiger partial charge in [-0.3, -0.25) is 5.41 Å². The molecule has 1 fully saturated rings. The van der Waals surface area contributed by atoms with Gasteiger partial charge in [-0.05, 0) is 30.3 Å². The summed E-state index contributed by atoms with van der Waals surface area (Å²) in [4.78, 5) is 18.7. The summed E-state index contributed by atoms with van der Waals surface area (Å²) in [5, 5.41) is 10.1. The zero-order chi connectivity index (χ0) is 15.7. The maximum absolute atomic E-state index is 12.6. The number of urea groups is 1. The average Bonchev–Trinajstić information content (AvgIpc) is 2.90. The van der Waals surface area contributed by atoms with Crippen LogP contribution in [0.1, 0.15) is 11.1 Å². The average molecular weight is 302 g/mol. The second-order valence-electron chi connectivity index (χ2n) is 5.95. The zero-order valence-electron chi connectivity index (χ0n) is 12.8. The zero-order valence-corrected chi connectivity index (χ0v) is 12.8. The highest BCUT2D eigenvalue weighted by Gasteiger charge is 2.28. The van der Waals surface area contributed by atoms with Crippen LogP contribution in [-0.2, 0) is 13.1 Å². The Kier molecular flexibility index (Phi) is 3.89. The van der Waals surface area contributed by atoms with Crippen molar-refractivity contribution in [2.24, 2.45) is 5.73 Å². The largest absolute Gasteiger partial charge is 0.370 e. The van der Waals surface area contributed by atoms with Crippen LogP contribution in [0, 0.1) is 5.41 Å². The molecular weight excluding hydrogens is 280 g/mol. The molecule has 0 spiro atoms. The van der Waals surface area contributed by atoms with E-state index in [1.165, 1.54) is 0 Å². The molecule has 0 aliphatic carbocycles. The first-order valence-electron chi connectivity index (χ1n) is 7.48. The number of carbonyl (C=O) groups excluding carboxylic acids is 1. The molecule has 0 bridgehead atoms. The van der Waals surface area contributed by atoms with Crippen molar-refractivity contribution in [1.82, 2.24) is 14.7 Å². The molecule has 7 heteroatoms. The van der Waals surface area contributed by atoms with E-state index in [9.17, 15) is 4.79 Å². The predicted molar refractivity (Wildman–Crippen MR) is 85.7 cm³/mol. The van der Waals surface area contributed by atoms with Gasteiger partial charge >= 0.3 is 6.03 Å². The van der Waals surface area contributed by atoms with Crippen LogP contribution in [0.4, 0.5) is 10.5 Å². The molecule has 7 nitrogen and oxygen atoms in total. The van der Waals surface area contributed by atoms with Crippen LogP contribution in [0.2, 0.25) is 0 Å². The maximum atomic E-state index is 12.6.